The lowest BCUT2D eigenvalue weighted by Crippen LogP contribution is -2.46. The molecule has 0 spiro atoms. The number of likely N-dealkylation sites (tertiary alicyclic amines) is 1. The molecule has 1 unspecified atom stereocenters. The zero-order valence-electron chi connectivity index (χ0n) is 10.0. The second-order valence-corrected chi connectivity index (χ2v) is 4.21. The van der Waals surface area contributed by atoms with Crippen molar-refractivity contribution >= 4 is 6.03 Å². The molecule has 4 nitrogen and oxygen atoms in total. The molecule has 0 aliphatic carbocycles. The maximum Gasteiger partial charge on any atom is 0.319 e. The molecular formula is C11H22N2O2. The summed E-state index contributed by atoms with van der Waals surface area (Å²) in [5.41, 5.74) is 0. The highest BCUT2D eigenvalue weighted by Gasteiger charge is 2.24. The van der Waals surface area contributed by atoms with Gasteiger partial charge < -0.3 is 14.5 Å². The van der Waals surface area contributed by atoms with E-state index in [1.54, 1.807) is 12.0 Å². The van der Waals surface area contributed by atoms with Gasteiger partial charge in [0, 0.05) is 39.7 Å². The van der Waals surface area contributed by atoms with E-state index in [4.69, 9.17) is 4.74 Å². The summed E-state index contributed by atoms with van der Waals surface area (Å²) >= 11 is 0. The lowest BCUT2D eigenvalue weighted by Gasteiger charge is -2.34. The second kappa shape index (κ2) is 5.95. The molecule has 1 atom stereocenters. The maximum atomic E-state index is 11.9. The fraction of sp³-hybridized carbons (Fsp3) is 0.909. The van der Waals surface area contributed by atoms with Crippen LogP contribution in [0.15, 0.2) is 0 Å². The Labute approximate surface area is 92.2 Å². The van der Waals surface area contributed by atoms with E-state index in [0.29, 0.717) is 5.92 Å². The third-order valence-corrected chi connectivity index (χ3v) is 2.99. The molecule has 1 saturated heterocycles. The average molecular weight is 214 g/mol. The number of piperidine rings is 1. The van der Waals surface area contributed by atoms with Gasteiger partial charge in [0.05, 0.1) is 6.61 Å². The number of nitrogens with zero attached hydrogens (tertiary/aromatic N) is 2. The Bertz CT molecular complexity index is 207. The smallest absolute Gasteiger partial charge is 0.319 e. The van der Waals surface area contributed by atoms with Gasteiger partial charge in [0.15, 0.2) is 0 Å². The minimum Gasteiger partial charge on any atom is -0.384 e. The van der Waals surface area contributed by atoms with Crippen molar-refractivity contribution in [3.63, 3.8) is 0 Å². The van der Waals surface area contributed by atoms with Crippen LogP contribution >= 0.6 is 0 Å². The van der Waals surface area contributed by atoms with Crippen molar-refractivity contribution in [3.8, 4) is 0 Å². The Morgan fingerprint density at radius 1 is 1.60 bits per heavy atom. The van der Waals surface area contributed by atoms with Crippen LogP contribution in [0.2, 0.25) is 0 Å². The number of hydrogen-bond donors (Lipinski definition) is 0. The lowest BCUT2D eigenvalue weighted by atomic mass is 9.99. The van der Waals surface area contributed by atoms with E-state index in [-0.39, 0.29) is 6.03 Å². The van der Waals surface area contributed by atoms with Crippen molar-refractivity contribution in [3.05, 3.63) is 0 Å². The van der Waals surface area contributed by atoms with E-state index < -0.39 is 0 Å². The van der Waals surface area contributed by atoms with E-state index in [2.05, 4.69) is 0 Å². The van der Waals surface area contributed by atoms with Gasteiger partial charge in [0.2, 0.25) is 0 Å². The van der Waals surface area contributed by atoms with Gasteiger partial charge in [-0.05, 0) is 19.8 Å². The highest BCUT2D eigenvalue weighted by molar-refractivity contribution is 5.74. The van der Waals surface area contributed by atoms with Crippen LogP contribution in [0.1, 0.15) is 19.8 Å². The molecule has 0 aromatic heterocycles. The zero-order valence-corrected chi connectivity index (χ0v) is 10.0. The third kappa shape index (κ3) is 3.38. The predicted octanol–water partition coefficient (Wildman–Crippen LogP) is 1.42. The van der Waals surface area contributed by atoms with E-state index in [9.17, 15) is 4.79 Å². The van der Waals surface area contributed by atoms with Crippen molar-refractivity contribution in [1.29, 1.82) is 0 Å². The SMILES string of the molecule is CCN(C)C(=O)N1CCCC(COC)C1. The van der Waals surface area contributed by atoms with Crippen LogP contribution in [0.3, 0.4) is 0 Å². The highest BCUT2D eigenvalue weighted by Crippen LogP contribution is 2.17. The van der Waals surface area contributed by atoms with Gasteiger partial charge in [-0.2, -0.15) is 0 Å². The summed E-state index contributed by atoms with van der Waals surface area (Å²) in [6.07, 6.45) is 2.27. The largest absolute Gasteiger partial charge is 0.384 e. The summed E-state index contributed by atoms with van der Waals surface area (Å²) in [6, 6.07) is 0.151. The van der Waals surface area contributed by atoms with Crippen LogP contribution in [0, 0.1) is 5.92 Å². The number of urea groups is 1. The Kier molecular flexibility index (Phi) is 4.88. The average Bonchev–Trinajstić information content (AvgIpc) is 2.28. The molecule has 1 aliphatic heterocycles. The summed E-state index contributed by atoms with van der Waals surface area (Å²) in [6.45, 7) is 5.26. The highest BCUT2D eigenvalue weighted by atomic mass is 16.5. The number of rotatable bonds is 3. The Hall–Kier alpha value is -0.770. The van der Waals surface area contributed by atoms with Crippen molar-refractivity contribution in [2.45, 2.75) is 19.8 Å². The first-order valence-electron chi connectivity index (χ1n) is 5.68. The van der Waals surface area contributed by atoms with E-state index in [1.165, 1.54) is 6.42 Å². The zero-order chi connectivity index (χ0) is 11.3. The molecular weight excluding hydrogens is 192 g/mol. The minimum atomic E-state index is 0.151. The summed E-state index contributed by atoms with van der Waals surface area (Å²) in [4.78, 5) is 15.6. The maximum absolute atomic E-state index is 11.9. The molecule has 0 N–H and O–H groups in total. The van der Waals surface area contributed by atoms with E-state index >= 15 is 0 Å². The summed E-state index contributed by atoms with van der Waals surface area (Å²) in [5.74, 6) is 0.512. The molecule has 2 amide bonds. The standard InChI is InChI=1S/C11H22N2O2/c1-4-12(2)11(14)13-7-5-6-10(8-13)9-15-3/h10H,4-9H2,1-3H3. The summed E-state index contributed by atoms with van der Waals surface area (Å²) < 4.78 is 5.14. The number of hydrogen-bond acceptors (Lipinski definition) is 2. The fourth-order valence-corrected chi connectivity index (χ4v) is 1.99. The predicted molar refractivity (Wildman–Crippen MR) is 59.9 cm³/mol. The molecule has 1 aliphatic rings. The third-order valence-electron chi connectivity index (χ3n) is 2.99. The monoisotopic (exact) mass is 214 g/mol. The molecule has 1 heterocycles. The van der Waals surface area contributed by atoms with Gasteiger partial charge in [-0.1, -0.05) is 0 Å². The first-order valence-corrected chi connectivity index (χ1v) is 5.68. The first-order chi connectivity index (χ1) is 7.19. The van der Waals surface area contributed by atoms with Gasteiger partial charge in [0.1, 0.15) is 0 Å². The number of ether oxygens (including phenoxy) is 1. The van der Waals surface area contributed by atoms with Crippen LogP contribution in [-0.4, -0.2) is 56.2 Å². The number of methoxy groups -OCH3 is 1. The molecule has 0 bridgehead atoms. The van der Waals surface area contributed by atoms with Crippen LogP contribution in [0.5, 0.6) is 0 Å². The van der Waals surface area contributed by atoms with Crippen molar-refractivity contribution in [2.24, 2.45) is 5.92 Å². The van der Waals surface area contributed by atoms with Crippen LogP contribution < -0.4 is 0 Å². The number of carbonyl (C=O) groups excluding carboxylic acids is 1. The lowest BCUT2D eigenvalue weighted by molar-refractivity contribution is 0.0910. The van der Waals surface area contributed by atoms with Gasteiger partial charge in [-0.25, -0.2) is 4.79 Å². The first kappa shape index (κ1) is 12.3. The van der Waals surface area contributed by atoms with Crippen LogP contribution in [0.25, 0.3) is 0 Å². The fourth-order valence-electron chi connectivity index (χ4n) is 1.99. The molecule has 88 valence electrons. The molecule has 0 aromatic rings. The summed E-state index contributed by atoms with van der Waals surface area (Å²) in [7, 11) is 3.57. The Morgan fingerprint density at radius 3 is 2.93 bits per heavy atom. The molecule has 1 fully saturated rings. The van der Waals surface area contributed by atoms with E-state index in [0.717, 1.165) is 32.7 Å². The van der Waals surface area contributed by atoms with Gasteiger partial charge in [0.25, 0.3) is 0 Å². The quantitative estimate of drug-likeness (QED) is 0.711. The van der Waals surface area contributed by atoms with Crippen molar-refractivity contribution in [1.82, 2.24) is 9.80 Å². The molecule has 15 heavy (non-hydrogen) atoms. The molecule has 4 heteroatoms. The molecule has 0 aromatic carbocycles. The topological polar surface area (TPSA) is 32.8 Å². The van der Waals surface area contributed by atoms with Gasteiger partial charge in [-0.15, -0.1) is 0 Å². The molecule has 1 rings (SSSR count). The Morgan fingerprint density at radius 2 is 2.33 bits per heavy atom. The normalized spacial score (nSPS) is 21.5. The summed E-state index contributed by atoms with van der Waals surface area (Å²) in [5, 5.41) is 0. The van der Waals surface area contributed by atoms with Crippen molar-refractivity contribution < 1.29 is 9.53 Å². The van der Waals surface area contributed by atoms with E-state index in [1.807, 2.05) is 18.9 Å². The molecule has 0 saturated carbocycles. The van der Waals surface area contributed by atoms with Crippen LogP contribution in [-0.2, 0) is 4.74 Å². The Balaban J connectivity index is 2.44. The second-order valence-electron chi connectivity index (χ2n) is 4.21. The minimum absolute atomic E-state index is 0.151. The van der Waals surface area contributed by atoms with Crippen LogP contribution in [0.4, 0.5) is 4.79 Å². The molecule has 0 radical (unpaired) electrons. The number of amides is 2. The van der Waals surface area contributed by atoms with Gasteiger partial charge >= 0.3 is 6.03 Å². The number of carbonyl (C=O) groups is 1. The van der Waals surface area contributed by atoms with Crippen molar-refractivity contribution in [2.75, 3.05) is 40.4 Å². The van der Waals surface area contributed by atoms with Gasteiger partial charge in [-0.3, -0.25) is 0 Å².